The van der Waals surface area contributed by atoms with E-state index in [1.165, 1.54) is 19.3 Å². The summed E-state index contributed by atoms with van der Waals surface area (Å²) in [4.78, 5) is 32.3. The average molecular weight is 410 g/mol. The van der Waals surface area contributed by atoms with Crippen molar-refractivity contribution in [2.75, 3.05) is 33.7 Å². The molecule has 1 aliphatic carbocycles. The maximum absolute atomic E-state index is 12.4. The minimum Gasteiger partial charge on any atom is -0.444 e. The molecule has 2 fully saturated rings. The number of hydrogen-bond donors (Lipinski definition) is 2. The number of likely N-dealkylation sites (N-methyl/N-ethyl adjacent to an activating group) is 1. The Kier molecular flexibility index (Phi) is 8.59. The summed E-state index contributed by atoms with van der Waals surface area (Å²) in [5.74, 6) is 0.636. The van der Waals surface area contributed by atoms with Gasteiger partial charge in [-0.3, -0.25) is 4.79 Å². The van der Waals surface area contributed by atoms with Gasteiger partial charge < -0.3 is 25.2 Å². The first-order valence-corrected chi connectivity index (χ1v) is 10.9. The Morgan fingerprint density at radius 3 is 2.28 bits per heavy atom. The number of hydrogen-bond acceptors (Lipinski definition) is 4. The summed E-state index contributed by atoms with van der Waals surface area (Å²) in [5, 5.41) is 6.98. The van der Waals surface area contributed by atoms with E-state index in [0.29, 0.717) is 25.1 Å². The zero-order valence-electron chi connectivity index (χ0n) is 18.8. The van der Waals surface area contributed by atoms with E-state index in [9.17, 15) is 9.59 Å². The van der Waals surface area contributed by atoms with Gasteiger partial charge in [0, 0.05) is 39.3 Å². The highest BCUT2D eigenvalue weighted by Crippen LogP contribution is 2.18. The average Bonchev–Trinajstić information content (AvgIpc) is 2.65. The van der Waals surface area contributed by atoms with Crippen LogP contribution in [0.3, 0.4) is 0 Å². The van der Waals surface area contributed by atoms with E-state index >= 15 is 0 Å². The predicted octanol–water partition coefficient (Wildman–Crippen LogP) is 2.34. The van der Waals surface area contributed by atoms with Crippen LogP contribution in [0.2, 0.25) is 0 Å². The zero-order valence-corrected chi connectivity index (χ0v) is 18.8. The standard InChI is InChI=1S/C21H39N5O3/c1-21(2,3)29-20(28)26-13-9-12-17(15-26)24-19(22-14-18(27)25(4)5)23-16-10-7-6-8-11-16/h16-17H,6-15H2,1-5H3,(H2,22,23,24). The fourth-order valence-electron chi connectivity index (χ4n) is 3.64. The first kappa shape index (κ1) is 23.3. The molecule has 166 valence electrons. The lowest BCUT2D eigenvalue weighted by Crippen LogP contribution is -2.54. The number of likely N-dealkylation sites (tertiary alicyclic amines) is 1. The predicted molar refractivity (Wildman–Crippen MR) is 115 cm³/mol. The molecule has 0 aromatic carbocycles. The molecule has 8 heteroatoms. The Labute approximate surface area is 175 Å². The number of guanidine groups is 1. The van der Waals surface area contributed by atoms with Crippen LogP contribution in [0.1, 0.15) is 65.7 Å². The van der Waals surface area contributed by atoms with Gasteiger partial charge in [0.1, 0.15) is 12.1 Å². The molecule has 1 saturated carbocycles. The van der Waals surface area contributed by atoms with Gasteiger partial charge >= 0.3 is 6.09 Å². The monoisotopic (exact) mass is 409 g/mol. The van der Waals surface area contributed by atoms with E-state index in [1.807, 2.05) is 20.8 Å². The third kappa shape index (κ3) is 8.50. The van der Waals surface area contributed by atoms with Crippen molar-refractivity contribution in [2.24, 2.45) is 4.99 Å². The molecule has 1 saturated heterocycles. The number of amides is 2. The van der Waals surface area contributed by atoms with Crippen molar-refractivity contribution in [1.29, 1.82) is 0 Å². The number of carbonyl (C=O) groups is 2. The van der Waals surface area contributed by atoms with E-state index in [4.69, 9.17) is 4.74 Å². The molecule has 0 spiro atoms. The molecule has 1 unspecified atom stereocenters. The third-order valence-corrected chi connectivity index (χ3v) is 5.23. The first-order chi connectivity index (χ1) is 13.6. The molecule has 2 aliphatic rings. The highest BCUT2D eigenvalue weighted by atomic mass is 16.6. The van der Waals surface area contributed by atoms with Gasteiger partial charge in [-0.25, -0.2) is 9.79 Å². The van der Waals surface area contributed by atoms with Gasteiger partial charge in [-0.2, -0.15) is 0 Å². The number of piperidine rings is 1. The van der Waals surface area contributed by atoms with E-state index in [1.54, 1.807) is 23.9 Å². The Bertz CT molecular complexity index is 579. The van der Waals surface area contributed by atoms with Crippen molar-refractivity contribution in [3.05, 3.63) is 0 Å². The summed E-state index contributed by atoms with van der Waals surface area (Å²) in [6.07, 6.45) is 7.55. The molecule has 2 amide bonds. The smallest absolute Gasteiger partial charge is 0.410 e. The fraction of sp³-hybridized carbons (Fsp3) is 0.857. The van der Waals surface area contributed by atoms with Crippen LogP contribution < -0.4 is 10.6 Å². The molecular formula is C21H39N5O3. The van der Waals surface area contributed by atoms with Crippen molar-refractivity contribution in [3.63, 3.8) is 0 Å². The summed E-state index contributed by atoms with van der Waals surface area (Å²) in [7, 11) is 3.47. The third-order valence-electron chi connectivity index (χ3n) is 5.23. The van der Waals surface area contributed by atoms with E-state index < -0.39 is 5.60 Å². The van der Waals surface area contributed by atoms with Gasteiger partial charge in [-0.05, 0) is 46.5 Å². The fourth-order valence-corrected chi connectivity index (χ4v) is 3.64. The molecular weight excluding hydrogens is 370 g/mol. The molecule has 2 rings (SSSR count). The molecule has 0 radical (unpaired) electrons. The van der Waals surface area contributed by atoms with E-state index in [0.717, 1.165) is 25.7 Å². The molecule has 1 aliphatic heterocycles. The second-order valence-electron chi connectivity index (χ2n) is 9.34. The van der Waals surface area contributed by atoms with Gasteiger partial charge in [0.25, 0.3) is 0 Å². The van der Waals surface area contributed by atoms with Gasteiger partial charge in [0.05, 0.1) is 0 Å². The summed E-state index contributed by atoms with van der Waals surface area (Å²) in [6.45, 7) is 7.02. The van der Waals surface area contributed by atoms with Crippen LogP contribution in [0, 0.1) is 0 Å². The number of carbonyl (C=O) groups excluding carboxylic acids is 2. The molecule has 2 N–H and O–H groups in total. The maximum atomic E-state index is 12.4. The first-order valence-electron chi connectivity index (χ1n) is 10.9. The second kappa shape index (κ2) is 10.7. The summed E-state index contributed by atoms with van der Waals surface area (Å²) in [6, 6.07) is 0.468. The molecule has 0 bridgehead atoms. The van der Waals surface area contributed by atoms with Crippen molar-refractivity contribution < 1.29 is 14.3 Å². The van der Waals surface area contributed by atoms with Crippen LogP contribution in [-0.2, 0) is 9.53 Å². The normalized spacial score (nSPS) is 21.5. The lowest BCUT2D eigenvalue weighted by molar-refractivity contribution is -0.127. The largest absolute Gasteiger partial charge is 0.444 e. The summed E-state index contributed by atoms with van der Waals surface area (Å²) < 4.78 is 5.52. The van der Waals surface area contributed by atoms with Crippen molar-refractivity contribution in [2.45, 2.75) is 83.4 Å². The van der Waals surface area contributed by atoms with Crippen LogP contribution in [-0.4, -0.2) is 79.2 Å². The number of nitrogens with one attached hydrogen (secondary N) is 2. The SMILES string of the molecule is CN(C)C(=O)CN=C(NC1CCCCC1)NC1CCCN(C(=O)OC(C)(C)C)C1. The highest BCUT2D eigenvalue weighted by molar-refractivity contribution is 5.85. The molecule has 1 heterocycles. The van der Waals surface area contributed by atoms with Gasteiger partial charge in [0.2, 0.25) is 5.91 Å². The lowest BCUT2D eigenvalue weighted by atomic mass is 9.96. The van der Waals surface area contributed by atoms with Gasteiger partial charge in [-0.15, -0.1) is 0 Å². The highest BCUT2D eigenvalue weighted by Gasteiger charge is 2.28. The van der Waals surface area contributed by atoms with Crippen LogP contribution >= 0.6 is 0 Å². The van der Waals surface area contributed by atoms with Crippen molar-refractivity contribution >= 4 is 18.0 Å². The molecule has 29 heavy (non-hydrogen) atoms. The molecule has 0 aromatic rings. The van der Waals surface area contributed by atoms with Gasteiger partial charge in [0.15, 0.2) is 5.96 Å². The maximum Gasteiger partial charge on any atom is 0.410 e. The zero-order chi connectivity index (χ0) is 21.4. The minimum absolute atomic E-state index is 0.0335. The Morgan fingerprint density at radius 1 is 1.03 bits per heavy atom. The molecule has 0 aromatic heterocycles. The van der Waals surface area contributed by atoms with Crippen LogP contribution in [0.15, 0.2) is 4.99 Å². The topological polar surface area (TPSA) is 86.3 Å². The molecule has 8 nitrogen and oxygen atoms in total. The number of ether oxygens (including phenoxy) is 1. The van der Waals surface area contributed by atoms with Crippen LogP contribution in [0.25, 0.3) is 0 Å². The number of rotatable bonds is 4. The van der Waals surface area contributed by atoms with Crippen molar-refractivity contribution in [3.8, 4) is 0 Å². The Balaban J connectivity index is 1.99. The van der Waals surface area contributed by atoms with Crippen LogP contribution in [0.5, 0.6) is 0 Å². The Morgan fingerprint density at radius 2 is 1.66 bits per heavy atom. The minimum atomic E-state index is -0.501. The van der Waals surface area contributed by atoms with Crippen LogP contribution in [0.4, 0.5) is 4.79 Å². The van der Waals surface area contributed by atoms with E-state index in [2.05, 4.69) is 15.6 Å². The van der Waals surface area contributed by atoms with Crippen molar-refractivity contribution in [1.82, 2.24) is 20.4 Å². The number of nitrogens with zero attached hydrogens (tertiary/aromatic N) is 3. The van der Waals surface area contributed by atoms with Gasteiger partial charge in [-0.1, -0.05) is 19.3 Å². The lowest BCUT2D eigenvalue weighted by Gasteiger charge is -2.35. The summed E-state index contributed by atoms with van der Waals surface area (Å²) in [5.41, 5.74) is -0.501. The number of aliphatic imine (C=N–C) groups is 1. The quantitative estimate of drug-likeness (QED) is 0.550. The van der Waals surface area contributed by atoms with E-state index in [-0.39, 0.29) is 24.6 Å². The Hall–Kier alpha value is -1.99. The molecule has 1 atom stereocenters. The second-order valence-corrected chi connectivity index (χ2v) is 9.34. The summed E-state index contributed by atoms with van der Waals surface area (Å²) >= 11 is 0.